The molecule has 0 spiro atoms. The van der Waals surface area contributed by atoms with Crippen LogP contribution < -0.4 is 0 Å². The Morgan fingerprint density at radius 1 is 1.07 bits per heavy atom. The highest BCUT2D eigenvalue weighted by Gasteiger charge is 2.42. The minimum atomic E-state index is -0.721. The summed E-state index contributed by atoms with van der Waals surface area (Å²) < 4.78 is 2.77. The molecule has 0 atom stereocenters. The minimum absolute atomic E-state index is 0.191. The zero-order chi connectivity index (χ0) is 21.8. The van der Waals surface area contributed by atoms with E-state index < -0.39 is 5.54 Å². The van der Waals surface area contributed by atoms with Crippen LogP contribution in [0.4, 0.5) is 0 Å². The molecular weight excluding hydrogens is 487 g/mol. The Kier molecular flexibility index (Phi) is 5.29. The highest BCUT2D eigenvalue weighted by Crippen LogP contribution is 2.35. The molecule has 0 saturated heterocycles. The Bertz CT molecular complexity index is 1200. The lowest BCUT2D eigenvalue weighted by molar-refractivity contribution is -0.123. The summed E-state index contributed by atoms with van der Waals surface area (Å²) in [5, 5.41) is 5.88. The van der Waals surface area contributed by atoms with E-state index in [2.05, 4.69) is 20.9 Å². The first-order chi connectivity index (χ1) is 14.1. The van der Waals surface area contributed by atoms with Gasteiger partial charge in [0.1, 0.15) is 11.2 Å². The van der Waals surface area contributed by atoms with Gasteiger partial charge < -0.3 is 4.90 Å². The van der Waals surface area contributed by atoms with Gasteiger partial charge in [-0.25, -0.2) is 4.68 Å². The van der Waals surface area contributed by atoms with Crippen LogP contribution in [0.2, 0.25) is 10.0 Å². The first kappa shape index (κ1) is 21.1. The maximum atomic E-state index is 12.5. The van der Waals surface area contributed by atoms with Crippen LogP contribution >= 0.6 is 39.1 Å². The summed E-state index contributed by atoms with van der Waals surface area (Å²) in [7, 11) is 1.86. The lowest BCUT2D eigenvalue weighted by atomic mass is 10.0. The summed E-state index contributed by atoms with van der Waals surface area (Å²) in [5.74, 6) is 0.355. The zero-order valence-corrected chi connectivity index (χ0v) is 20.0. The number of nitrogens with zero attached hydrogens (tertiary/aromatic N) is 4. The van der Waals surface area contributed by atoms with Gasteiger partial charge >= 0.3 is 0 Å². The van der Waals surface area contributed by atoms with Crippen molar-refractivity contribution in [3.8, 4) is 16.9 Å². The van der Waals surface area contributed by atoms with E-state index in [4.69, 9.17) is 28.3 Å². The molecule has 0 aliphatic carbocycles. The van der Waals surface area contributed by atoms with Crippen molar-refractivity contribution in [1.82, 2.24) is 14.7 Å². The molecular formula is C22H19BrCl2N4O. The lowest BCUT2D eigenvalue weighted by Crippen LogP contribution is -2.44. The quantitative estimate of drug-likeness (QED) is 0.444. The van der Waals surface area contributed by atoms with Crippen molar-refractivity contribution in [2.24, 2.45) is 4.99 Å². The van der Waals surface area contributed by atoms with Crippen LogP contribution in [0.5, 0.6) is 0 Å². The number of halogens is 3. The summed E-state index contributed by atoms with van der Waals surface area (Å²) in [6, 6.07) is 13.3. The van der Waals surface area contributed by atoms with E-state index in [1.54, 1.807) is 16.8 Å². The van der Waals surface area contributed by atoms with Crippen molar-refractivity contribution < 1.29 is 4.79 Å². The van der Waals surface area contributed by atoms with Gasteiger partial charge in [-0.3, -0.25) is 4.79 Å². The number of hydrogen-bond donors (Lipinski definition) is 0. The molecule has 0 saturated carbocycles. The van der Waals surface area contributed by atoms with E-state index in [9.17, 15) is 4.79 Å². The molecule has 1 aromatic heterocycles. The molecule has 0 bridgehead atoms. The van der Waals surface area contributed by atoms with E-state index in [-0.39, 0.29) is 5.91 Å². The van der Waals surface area contributed by atoms with Crippen molar-refractivity contribution >= 4 is 50.9 Å². The molecule has 0 N–H and O–H groups in total. The number of carbonyl (C=O) groups is 1. The molecule has 1 aliphatic rings. The van der Waals surface area contributed by atoms with Gasteiger partial charge in [0.05, 0.1) is 16.4 Å². The second kappa shape index (κ2) is 7.52. The molecule has 30 heavy (non-hydrogen) atoms. The molecule has 2 aromatic carbocycles. The van der Waals surface area contributed by atoms with E-state index in [0.29, 0.717) is 27.3 Å². The highest BCUT2D eigenvalue weighted by atomic mass is 79.9. The van der Waals surface area contributed by atoms with Crippen LogP contribution in [-0.4, -0.2) is 39.0 Å². The van der Waals surface area contributed by atoms with Gasteiger partial charge in [0.25, 0.3) is 5.91 Å². The maximum Gasteiger partial charge on any atom is 0.273 e. The summed E-state index contributed by atoms with van der Waals surface area (Å²) in [6.45, 7) is 5.68. The van der Waals surface area contributed by atoms with Crippen molar-refractivity contribution in [3.63, 3.8) is 0 Å². The number of likely N-dealkylation sites (N-methyl/N-ethyl adjacent to an activating group) is 1. The van der Waals surface area contributed by atoms with Gasteiger partial charge in [-0.05, 0) is 51.1 Å². The first-order valence-corrected chi connectivity index (χ1v) is 10.8. The normalized spacial score (nSPS) is 15.6. The predicted octanol–water partition coefficient (Wildman–Crippen LogP) is 5.91. The monoisotopic (exact) mass is 504 g/mol. The number of hydrogen-bond acceptors (Lipinski definition) is 3. The number of aromatic nitrogens is 2. The topological polar surface area (TPSA) is 50.5 Å². The van der Waals surface area contributed by atoms with Gasteiger partial charge in [-0.15, -0.1) is 0 Å². The third-order valence-electron chi connectivity index (χ3n) is 5.48. The maximum absolute atomic E-state index is 12.5. The number of rotatable bonds is 3. The number of aliphatic imine (C=N–C) groups is 1. The van der Waals surface area contributed by atoms with Crippen LogP contribution in [-0.2, 0) is 4.79 Å². The fourth-order valence-electron chi connectivity index (χ4n) is 3.41. The second-order valence-electron chi connectivity index (χ2n) is 7.70. The number of amides is 1. The minimum Gasteiger partial charge on any atom is -0.343 e. The van der Waals surface area contributed by atoms with Crippen LogP contribution in [0.25, 0.3) is 16.9 Å². The summed E-state index contributed by atoms with van der Waals surface area (Å²) in [4.78, 5) is 18.6. The van der Waals surface area contributed by atoms with Gasteiger partial charge in [0, 0.05) is 27.7 Å². The molecule has 4 rings (SSSR count). The van der Waals surface area contributed by atoms with Gasteiger partial charge in [0.2, 0.25) is 0 Å². The Hall–Kier alpha value is -2.15. The standard InChI is InChI=1S/C22H19BrCl2N4O/c1-12-18(20-26-21(30)22(2,3)28(20)4)27-29(17-10-9-15(24)11-16(17)25)19(12)13-5-7-14(23)8-6-13/h5-11H,1-4H3. The summed E-state index contributed by atoms with van der Waals surface area (Å²) in [6.07, 6.45) is 0. The molecule has 2 heterocycles. The third-order valence-corrected chi connectivity index (χ3v) is 6.54. The number of carbonyl (C=O) groups excluding carboxylic acids is 1. The van der Waals surface area contributed by atoms with Gasteiger partial charge in [0.15, 0.2) is 5.84 Å². The average Bonchev–Trinajstić information content (AvgIpc) is 3.11. The Labute approximate surface area is 193 Å². The zero-order valence-electron chi connectivity index (χ0n) is 16.9. The Morgan fingerprint density at radius 2 is 1.73 bits per heavy atom. The SMILES string of the molecule is Cc1c(C2=NC(=O)C(C)(C)N2C)nn(-c2ccc(Cl)cc2Cl)c1-c1ccc(Br)cc1. The van der Waals surface area contributed by atoms with Crippen molar-refractivity contribution in [2.45, 2.75) is 26.3 Å². The molecule has 1 amide bonds. The Balaban J connectivity index is 1.98. The summed E-state index contributed by atoms with van der Waals surface area (Å²) >= 11 is 16.1. The fourth-order valence-corrected chi connectivity index (χ4v) is 4.16. The highest BCUT2D eigenvalue weighted by molar-refractivity contribution is 9.10. The average molecular weight is 506 g/mol. The predicted molar refractivity (Wildman–Crippen MR) is 125 cm³/mol. The smallest absolute Gasteiger partial charge is 0.273 e. The van der Waals surface area contributed by atoms with Crippen LogP contribution in [0.1, 0.15) is 25.1 Å². The molecule has 154 valence electrons. The van der Waals surface area contributed by atoms with Gasteiger partial charge in [-0.2, -0.15) is 10.1 Å². The molecule has 3 aromatic rings. The second-order valence-corrected chi connectivity index (χ2v) is 9.45. The molecule has 0 fully saturated rings. The Morgan fingerprint density at radius 3 is 2.30 bits per heavy atom. The first-order valence-electron chi connectivity index (χ1n) is 9.29. The van der Waals surface area contributed by atoms with Crippen molar-refractivity contribution in [1.29, 1.82) is 0 Å². The molecule has 0 radical (unpaired) electrons. The van der Waals surface area contributed by atoms with Crippen molar-refractivity contribution in [3.05, 3.63) is 68.2 Å². The van der Waals surface area contributed by atoms with E-state index >= 15 is 0 Å². The van der Waals surface area contributed by atoms with Crippen molar-refractivity contribution in [2.75, 3.05) is 7.05 Å². The van der Waals surface area contributed by atoms with E-state index in [0.717, 1.165) is 21.3 Å². The molecule has 8 heteroatoms. The fraction of sp³-hybridized carbons (Fsp3) is 0.227. The molecule has 5 nitrogen and oxygen atoms in total. The lowest BCUT2D eigenvalue weighted by Gasteiger charge is -2.27. The third kappa shape index (κ3) is 3.37. The molecule has 0 unspecified atom stereocenters. The number of benzene rings is 2. The number of amidine groups is 1. The van der Waals surface area contributed by atoms with Gasteiger partial charge in [-0.1, -0.05) is 51.3 Å². The van der Waals surface area contributed by atoms with E-state index in [1.807, 2.05) is 63.1 Å². The molecule has 1 aliphatic heterocycles. The van der Waals surface area contributed by atoms with Crippen LogP contribution in [0, 0.1) is 6.92 Å². The largest absolute Gasteiger partial charge is 0.343 e. The van der Waals surface area contributed by atoms with Crippen LogP contribution in [0.3, 0.4) is 0 Å². The van der Waals surface area contributed by atoms with E-state index in [1.165, 1.54) is 0 Å². The summed E-state index contributed by atoms with van der Waals surface area (Å²) in [5.41, 5.74) is 3.35. The van der Waals surface area contributed by atoms with Crippen LogP contribution in [0.15, 0.2) is 51.9 Å².